The van der Waals surface area contributed by atoms with Gasteiger partial charge in [-0.15, -0.1) is 0 Å². The molecule has 0 bridgehead atoms. The first-order chi connectivity index (χ1) is 28.3. The van der Waals surface area contributed by atoms with E-state index >= 15 is 0 Å². The van der Waals surface area contributed by atoms with Crippen LogP contribution in [0.15, 0.2) is 97.3 Å². The van der Waals surface area contributed by atoms with Crippen LogP contribution in [0.2, 0.25) is 25.1 Å². The molecule has 8 rings (SSSR count). The van der Waals surface area contributed by atoms with Crippen LogP contribution in [-0.2, 0) is 6.18 Å². The molecule has 2 amide bonds. The molecule has 2 saturated heterocycles. The third-order valence-corrected chi connectivity index (χ3v) is 12.4. The molecule has 0 radical (unpaired) electrons. The molecular weight excluding hydrogens is 867 g/mol. The molecule has 2 N–H and O–H groups in total. The summed E-state index contributed by atoms with van der Waals surface area (Å²) in [5.74, 6) is -0.466. The molecule has 16 heteroatoms. The normalized spacial score (nSPS) is 15.2. The lowest BCUT2D eigenvalue weighted by Gasteiger charge is -2.34. The number of anilines is 2. The van der Waals surface area contributed by atoms with Crippen molar-refractivity contribution in [1.29, 1.82) is 0 Å². The molecule has 0 atom stereocenters. The van der Waals surface area contributed by atoms with E-state index < -0.39 is 11.7 Å². The van der Waals surface area contributed by atoms with E-state index in [0.717, 1.165) is 60.3 Å². The first kappa shape index (κ1) is 42.6. The van der Waals surface area contributed by atoms with E-state index in [1.807, 2.05) is 24.3 Å². The zero-order chi connectivity index (χ0) is 41.8. The van der Waals surface area contributed by atoms with E-state index in [9.17, 15) is 22.8 Å². The molecule has 306 valence electrons. The molecule has 2 aromatic heterocycles. The van der Waals surface area contributed by atoms with Crippen LogP contribution in [0.1, 0.15) is 52.0 Å². The first-order valence-electron chi connectivity index (χ1n) is 18.8. The molecule has 4 heterocycles. The number of pyridine rings is 2. The van der Waals surface area contributed by atoms with Crippen molar-refractivity contribution in [1.82, 2.24) is 20.6 Å². The molecule has 4 aromatic carbocycles. The fraction of sp³-hybridized carbons (Fsp3) is 0.256. The largest absolute Gasteiger partial charge is 0.416 e. The second-order valence-electron chi connectivity index (χ2n) is 14.2. The van der Waals surface area contributed by atoms with Gasteiger partial charge < -0.3 is 20.4 Å². The average Bonchev–Trinajstić information content (AvgIpc) is 3.23. The van der Waals surface area contributed by atoms with Crippen molar-refractivity contribution in [2.45, 2.75) is 43.9 Å². The fourth-order valence-corrected chi connectivity index (χ4v) is 8.40. The monoisotopic (exact) mass is 900 g/mol. The van der Waals surface area contributed by atoms with E-state index in [2.05, 4.69) is 30.4 Å². The van der Waals surface area contributed by atoms with Gasteiger partial charge in [-0.05, 0) is 80.3 Å². The molecule has 0 saturated carbocycles. The van der Waals surface area contributed by atoms with Crippen LogP contribution in [0.3, 0.4) is 0 Å². The number of benzene rings is 4. The summed E-state index contributed by atoms with van der Waals surface area (Å²) in [7, 11) is 0. The van der Waals surface area contributed by atoms with Gasteiger partial charge in [-0.25, -0.2) is 0 Å². The maximum absolute atomic E-state index is 13.0. The first-order valence-corrected chi connectivity index (χ1v) is 20.7. The zero-order valence-electron chi connectivity index (χ0n) is 31.2. The van der Waals surface area contributed by atoms with Gasteiger partial charge in [0.15, 0.2) is 0 Å². The van der Waals surface area contributed by atoms with Crippen LogP contribution in [0.5, 0.6) is 0 Å². The SMILES string of the molecule is O=C(NC1CCN(c2ccnc3c(Cl)cccc23)CC1)c1cccc(Cl)c1Cl.O=C(NC1CCN(c2ccnc3cc(C(F)(F)F)ccc23)CC1)c1cccc(Cl)c1Cl. The number of aromatic nitrogens is 2. The summed E-state index contributed by atoms with van der Waals surface area (Å²) in [5, 5.41) is 9.65. The van der Waals surface area contributed by atoms with Crippen LogP contribution < -0.4 is 20.4 Å². The van der Waals surface area contributed by atoms with Crippen LogP contribution in [-0.4, -0.2) is 60.0 Å². The average molecular weight is 903 g/mol. The van der Waals surface area contributed by atoms with E-state index in [-0.39, 0.29) is 28.9 Å². The Bertz CT molecular complexity index is 2510. The minimum Gasteiger partial charge on any atom is -0.371 e. The second kappa shape index (κ2) is 18.4. The van der Waals surface area contributed by atoms with Gasteiger partial charge in [0, 0.05) is 72.8 Å². The summed E-state index contributed by atoms with van der Waals surface area (Å²) < 4.78 is 39.0. The van der Waals surface area contributed by atoms with Gasteiger partial charge >= 0.3 is 6.18 Å². The maximum atomic E-state index is 13.0. The lowest BCUT2D eigenvalue weighted by atomic mass is 10.0. The van der Waals surface area contributed by atoms with Gasteiger partial charge in [-0.3, -0.25) is 19.6 Å². The van der Waals surface area contributed by atoms with E-state index in [4.69, 9.17) is 58.0 Å². The van der Waals surface area contributed by atoms with Crippen LogP contribution in [0, 0.1) is 0 Å². The van der Waals surface area contributed by atoms with E-state index in [0.29, 0.717) is 68.1 Å². The summed E-state index contributed by atoms with van der Waals surface area (Å²) in [6.45, 7) is 2.96. The number of piperidine rings is 2. The van der Waals surface area contributed by atoms with Gasteiger partial charge in [0.2, 0.25) is 0 Å². The van der Waals surface area contributed by atoms with Gasteiger partial charge in [-0.2, -0.15) is 13.2 Å². The Morgan fingerprint density at radius 3 is 1.59 bits per heavy atom. The van der Waals surface area contributed by atoms with Crippen molar-refractivity contribution < 1.29 is 22.8 Å². The van der Waals surface area contributed by atoms with Crippen molar-refractivity contribution >= 4 is 103 Å². The number of carbonyl (C=O) groups is 2. The Hall–Kier alpha value is -4.52. The minimum atomic E-state index is -4.41. The number of hydrogen-bond donors (Lipinski definition) is 2. The quantitative estimate of drug-likeness (QED) is 0.173. The molecule has 6 aromatic rings. The van der Waals surface area contributed by atoms with Crippen LogP contribution in [0.25, 0.3) is 21.8 Å². The Kier molecular flexibility index (Phi) is 13.3. The van der Waals surface area contributed by atoms with Crippen molar-refractivity contribution in [3.05, 3.63) is 139 Å². The molecule has 0 unspecified atom stereocenters. The molecule has 0 aliphatic carbocycles. The smallest absolute Gasteiger partial charge is 0.371 e. The lowest BCUT2D eigenvalue weighted by Crippen LogP contribution is -2.44. The van der Waals surface area contributed by atoms with Crippen molar-refractivity contribution in [3.8, 4) is 0 Å². The highest BCUT2D eigenvalue weighted by Gasteiger charge is 2.31. The molecule has 0 spiro atoms. The number of carbonyl (C=O) groups excluding carboxylic acids is 2. The number of alkyl halides is 3. The Balaban J connectivity index is 0.000000180. The molecule has 2 fully saturated rings. The molecule has 2 aliphatic heterocycles. The highest BCUT2D eigenvalue weighted by Crippen LogP contribution is 2.35. The Morgan fingerprint density at radius 1 is 0.593 bits per heavy atom. The number of nitrogens with one attached hydrogen (secondary N) is 2. The second-order valence-corrected chi connectivity index (χ2v) is 16.2. The highest BCUT2D eigenvalue weighted by atomic mass is 35.5. The number of fused-ring (bicyclic) bond motifs is 2. The number of nitrogens with zero attached hydrogens (tertiary/aromatic N) is 4. The Labute approximate surface area is 363 Å². The zero-order valence-corrected chi connectivity index (χ0v) is 35.0. The van der Waals surface area contributed by atoms with E-state index in [1.54, 1.807) is 48.7 Å². The highest BCUT2D eigenvalue weighted by molar-refractivity contribution is 6.44. The number of para-hydroxylation sites is 1. The summed E-state index contributed by atoms with van der Waals surface area (Å²) in [6, 6.07) is 23.3. The lowest BCUT2D eigenvalue weighted by molar-refractivity contribution is -0.137. The van der Waals surface area contributed by atoms with E-state index in [1.165, 1.54) is 12.3 Å². The molecular formula is C43H36Cl5F3N6O2. The summed E-state index contributed by atoms with van der Waals surface area (Å²) in [5.41, 5.74) is 3.09. The number of hydrogen-bond acceptors (Lipinski definition) is 6. The number of amides is 2. The molecule has 2 aliphatic rings. The van der Waals surface area contributed by atoms with Gasteiger partial charge in [-0.1, -0.05) is 88.3 Å². The predicted octanol–water partition coefficient (Wildman–Crippen LogP) is 11.6. The van der Waals surface area contributed by atoms with Crippen molar-refractivity contribution in [3.63, 3.8) is 0 Å². The standard InChI is InChI=1S/C22H18Cl2F3N3O.C21H18Cl3N3O/c23-17-3-1-2-16(20(17)24)21(31)29-14-7-10-30(11-8-14)19-6-9-28-18-12-13(22(25,26)27)4-5-15(18)19;22-16-5-2-4-15(19(16)24)21(28)26-13-8-11-27(12-9-13)18-7-10-25-20-14(18)3-1-6-17(20)23/h1-6,9,12,14H,7-8,10-11H2,(H,29,31);1-7,10,13H,8-9,11-12H2,(H,26,28). The third kappa shape index (κ3) is 9.76. The van der Waals surface area contributed by atoms with Crippen molar-refractivity contribution in [2.24, 2.45) is 0 Å². The Morgan fingerprint density at radius 2 is 1.07 bits per heavy atom. The summed E-state index contributed by atoms with van der Waals surface area (Å²) in [6.07, 6.45) is 1.96. The summed E-state index contributed by atoms with van der Waals surface area (Å²) in [4.78, 5) is 38.0. The summed E-state index contributed by atoms with van der Waals surface area (Å²) >= 11 is 30.6. The number of halogens is 8. The number of rotatable bonds is 6. The fourth-order valence-electron chi connectivity index (χ4n) is 7.40. The van der Waals surface area contributed by atoms with Gasteiger partial charge in [0.05, 0.1) is 52.8 Å². The van der Waals surface area contributed by atoms with Crippen LogP contribution >= 0.6 is 58.0 Å². The third-order valence-electron chi connectivity index (χ3n) is 10.5. The molecule has 59 heavy (non-hydrogen) atoms. The minimum absolute atomic E-state index is 0.0382. The topological polar surface area (TPSA) is 90.5 Å². The van der Waals surface area contributed by atoms with Crippen molar-refractivity contribution in [2.75, 3.05) is 36.0 Å². The molecule has 8 nitrogen and oxygen atoms in total. The van der Waals surface area contributed by atoms with Gasteiger partial charge in [0.25, 0.3) is 11.8 Å². The van der Waals surface area contributed by atoms with Gasteiger partial charge in [0.1, 0.15) is 0 Å². The van der Waals surface area contributed by atoms with Crippen LogP contribution in [0.4, 0.5) is 24.5 Å². The maximum Gasteiger partial charge on any atom is 0.416 e. The predicted molar refractivity (Wildman–Crippen MR) is 232 cm³/mol.